The van der Waals surface area contributed by atoms with E-state index >= 15 is 0 Å². The zero-order chi connectivity index (χ0) is 17.1. The lowest BCUT2D eigenvalue weighted by atomic mass is 9.95. The van der Waals surface area contributed by atoms with Gasteiger partial charge >= 0.3 is 0 Å². The van der Waals surface area contributed by atoms with Crippen LogP contribution in [0, 0.1) is 0 Å². The van der Waals surface area contributed by atoms with Crippen molar-refractivity contribution in [2.45, 2.75) is 43.9 Å². The highest BCUT2D eigenvalue weighted by molar-refractivity contribution is 5.73. The first-order valence-corrected chi connectivity index (χ1v) is 7.62. The Balaban J connectivity index is 1.81. The second-order valence-corrected chi connectivity index (χ2v) is 5.66. The lowest BCUT2D eigenvalue weighted by Crippen LogP contribution is -2.66. The Morgan fingerprint density at radius 1 is 1.33 bits per heavy atom. The molecular weight excluding hydrogens is 318 g/mol. The predicted octanol–water partition coefficient (Wildman–Crippen LogP) is -0.136. The van der Waals surface area contributed by atoms with E-state index in [2.05, 4.69) is 5.32 Å². The number of amides is 1. The monoisotopic (exact) mass is 337 g/mol. The summed E-state index contributed by atoms with van der Waals surface area (Å²) in [6.07, 6.45) is -4.18. The van der Waals surface area contributed by atoms with Crippen molar-refractivity contribution in [3.63, 3.8) is 0 Å². The molecule has 2 heterocycles. The minimum atomic E-state index is -1.33. The Morgan fingerprint density at radius 2 is 2.08 bits per heavy atom. The molecular formula is C16H19NO7. The number of fused-ring (bicyclic) bond motifs is 1. The minimum Gasteiger partial charge on any atom is -0.459 e. The van der Waals surface area contributed by atoms with Gasteiger partial charge in [0, 0.05) is 12.5 Å². The standard InChI is InChI=1S/C16H19NO7/c1-9(19)17-12-14(22-8-18)13-11(23-15(12)20)7-21-16(24-13)10-5-3-2-4-6-10/h2-6,8,11-16,20H,7H2,1H3,(H,17,19)/t11-,12-,13-,14-,15+,16?/m1/s1. The van der Waals surface area contributed by atoms with Gasteiger partial charge in [0.05, 0.1) is 6.61 Å². The van der Waals surface area contributed by atoms with Gasteiger partial charge in [0.25, 0.3) is 6.47 Å². The molecule has 0 bridgehead atoms. The summed E-state index contributed by atoms with van der Waals surface area (Å²) in [6.45, 7) is 1.73. The van der Waals surface area contributed by atoms with E-state index in [0.717, 1.165) is 5.56 Å². The molecule has 1 unspecified atom stereocenters. The molecule has 0 aromatic heterocycles. The lowest BCUT2D eigenvalue weighted by molar-refractivity contribution is -0.337. The van der Waals surface area contributed by atoms with Crippen LogP contribution in [0.4, 0.5) is 0 Å². The fourth-order valence-corrected chi connectivity index (χ4v) is 2.98. The van der Waals surface area contributed by atoms with Crippen molar-refractivity contribution in [1.82, 2.24) is 5.32 Å². The molecule has 8 heteroatoms. The quantitative estimate of drug-likeness (QED) is 0.737. The third kappa shape index (κ3) is 3.41. The summed E-state index contributed by atoms with van der Waals surface area (Å²) in [5.74, 6) is -0.382. The zero-order valence-corrected chi connectivity index (χ0v) is 13.0. The van der Waals surface area contributed by atoms with Crippen LogP contribution in [0.1, 0.15) is 18.8 Å². The number of hydrogen-bond acceptors (Lipinski definition) is 7. The van der Waals surface area contributed by atoms with E-state index in [1.807, 2.05) is 30.3 Å². The Kier molecular flexibility index (Phi) is 5.10. The van der Waals surface area contributed by atoms with E-state index in [1.54, 1.807) is 0 Å². The fraction of sp³-hybridized carbons (Fsp3) is 0.500. The Labute approximate surface area is 138 Å². The van der Waals surface area contributed by atoms with Crippen molar-refractivity contribution in [3.05, 3.63) is 35.9 Å². The molecule has 0 aliphatic carbocycles. The first-order chi connectivity index (χ1) is 11.6. The van der Waals surface area contributed by atoms with Gasteiger partial charge < -0.3 is 29.4 Å². The van der Waals surface area contributed by atoms with Gasteiger partial charge in [-0.15, -0.1) is 0 Å². The highest BCUT2D eigenvalue weighted by Gasteiger charge is 2.51. The predicted molar refractivity (Wildman–Crippen MR) is 79.4 cm³/mol. The molecule has 2 N–H and O–H groups in total. The third-order valence-corrected chi connectivity index (χ3v) is 4.01. The smallest absolute Gasteiger partial charge is 0.293 e. The summed E-state index contributed by atoms with van der Waals surface area (Å²) in [5.41, 5.74) is 0.808. The minimum absolute atomic E-state index is 0.160. The molecule has 2 saturated heterocycles. The number of carbonyl (C=O) groups is 2. The Hall–Kier alpha value is -2.00. The SMILES string of the molecule is CC(=O)N[C@@H]1[C@@H](OC=O)[C@@H]2OC(c3ccccc3)OC[C@H]2O[C@@H]1O. The van der Waals surface area contributed by atoms with Gasteiger partial charge in [0.1, 0.15) is 18.2 Å². The van der Waals surface area contributed by atoms with Crippen molar-refractivity contribution in [2.24, 2.45) is 0 Å². The van der Waals surface area contributed by atoms with E-state index in [0.29, 0.717) is 0 Å². The van der Waals surface area contributed by atoms with Crippen molar-refractivity contribution in [2.75, 3.05) is 6.61 Å². The van der Waals surface area contributed by atoms with Crippen LogP contribution in [-0.2, 0) is 28.5 Å². The largest absolute Gasteiger partial charge is 0.459 e. The molecule has 1 aromatic rings. The second-order valence-electron chi connectivity index (χ2n) is 5.66. The number of carbonyl (C=O) groups excluding carboxylic acids is 2. The number of hydrogen-bond donors (Lipinski definition) is 2. The summed E-state index contributed by atoms with van der Waals surface area (Å²) in [5, 5.41) is 12.6. The highest BCUT2D eigenvalue weighted by Crippen LogP contribution is 2.34. The average molecular weight is 337 g/mol. The lowest BCUT2D eigenvalue weighted by Gasteiger charge is -2.47. The maximum absolute atomic E-state index is 11.4. The van der Waals surface area contributed by atoms with Gasteiger partial charge in [0.2, 0.25) is 5.91 Å². The molecule has 8 nitrogen and oxygen atoms in total. The van der Waals surface area contributed by atoms with Crippen LogP contribution in [0.3, 0.4) is 0 Å². The molecule has 3 rings (SSSR count). The summed E-state index contributed by atoms with van der Waals surface area (Å²) >= 11 is 0. The fourth-order valence-electron chi connectivity index (χ4n) is 2.98. The second kappa shape index (κ2) is 7.27. The number of ether oxygens (including phenoxy) is 4. The van der Waals surface area contributed by atoms with Crippen LogP contribution in [0.15, 0.2) is 30.3 Å². The van der Waals surface area contributed by atoms with Crippen molar-refractivity contribution in [3.8, 4) is 0 Å². The van der Waals surface area contributed by atoms with Crippen molar-refractivity contribution < 1.29 is 33.6 Å². The van der Waals surface area contributed by atoms with Gasteiger partial charge in [-0.1, -0.05) is 30.3 Å². The molecule has 2 aliphatic rings. The number of aliphatic hydroxyl groups excluding tert-OH is 1. The van der Waals surface area contributed by atoms with Gasteiger partial charge in [-0.2, -0.15) is 0 Å². The molecule has 2 fully saturated rings. The van der Waals surface area contributed by atoms with Crippen LogP contribution in [-0.4, -0.2) is 54.7 Å². The molecule has 0 saturated carbocycles. The maximum Gasteiger partial charge on any atom is 0.293 e. The third-order valence-electron chi connectivity index (χ3n) is 4.01. The molecule has 24 heavy (non-hydrogen) atoms. The van der Waals surface area contributed by atoms with Crippen LogP contribution < -0.4 is 5.32 Å². The number of benzene rings is 1. The average Bonchev–Trinajstić information content (AvgIpc) is 2.58. The Morgan fingerprint density at radius 3 is 2.75 bits per heavy atom. The van der Waals surface area contributed by atoms with E-state index in [9.17, 15) is 14.7 Å². The molecule has 130 valence electrons. The van der Waals surface area contributed by atoms with Gasteiger partial charge in [-0.3, -0.25) is 9.59 Å². The molecule has 1 aromatic carbocycles. The van der Waals surface area contributed by atoms with E-state index in [-0.39, 0.29) is 19.0 Å². The van der Waals surface area contributed by atoms with Gasteiger partial charge in [0.15, 0.2) is 18.7 Å². The summed E-state index contributed by atoms with van der Waals surface area (Å²) in [4.78, 5) is 22.3. The summed E-state index contributed by atoms with van der Waals surface area (Å²) in [7, 11) is 0. The van der Waals surface area contributed by atoms with Crippen LogP contribution in [0.2, 0.25) is 0 Å². The van der Waals surface area contributed by atoms with Gasteiger partial charge in [-0.25, -0.2) is 0 Å². The number of aliphatic hydroxyl groups is 1. The maximum atomic E-state index is 11.4. The van der Waals surface area contributed by atoms with Crippen LogP contribution in [0.5, 0.6) is 0 Å². The van der Waals surface area contributed by atoms with Crippen LogP contribution >= 0.6 is 0 Å². The molecule has 1 amide bonds. The topological polar surface area (TPSA) is 103 Å². The van der Waals surface area contributed by atoms with Crippen molar-refractivity contribution >= 4 is 12.4 Å². The number of nitrogens with one attached hydrogen (secondary N) is 1. The molecule has 2 aliphatic heterocycles. The molecule has 0 spiro atoms. The van der Waals surface area contributed by atoms with Gasteiger partial charge in [-0.05, 0) is 0 Å². The Bertz CT molecular complexity index is 581. The first-order valence-electron chi connectivity index (χ1n) is 7.62. The van der Waals surface area contributed by atoms with E-state index in [1.165, 1.54) is 6.92 Å². The van der Waals surface area contributed by atoms with Crippen molar-refractivity contribution in [1.29, 1.82) is 0 Å². The zero-order valence-electron chi connectivity index (χ0n) is 13.0. The summed E-state index contributed by atoms with van der Waals surface area (Å²) in [6, 6.07) is 8.36. The molecule has 6 atom stereocenters. The van der Waals surface area contributed by atoms with Crippen LogP contribution in [0.25, 0.3) is 0 Å². The molecule has 0 radical (unpaired) electrons. The van der Waals surface area contributed by atoms with E-state index in [4.69, 9.17) is 18.9 Å². The first kappa shape index (κ1) is 16.8. The normalized spacial score (nSPS) is 35.6. The number of rotatable bonds is 4. The highest BCUT2D eigenvalue weighted by atomic mass is 16.7. The summed E-state index contributed by atoms with van der Waals surface area (Å²) < 4.78 is 22.1. The van der Waals surface area contributed by atoms with E-state index < -0.39 is 36.9 Å².